The molecule has 1 atom stereocenters. The molecular weight excluding hydrogens is 206 g/mol. The molecular formula is C11H21N3S. The molecule has 3 nitrogen and oxygen atoms in total. The monoisotopic (exact) mass is 227 g/mol. The van der Waals surface area contributed by atoms with Crippen molar-refractivity contribution >= 4 is 17.3 Å². The molecule has 2 rings (SSSR count). The van der Waals surface area contributed by atoms with Crippen LogP contribution in [0.4, 0.5) is 0 Å². The van der Waals surface area contributed by atoms with Crippen LogP contribution in [-0.4, -0.2) is 53.7 Å². The van der Waals surface area contributed by atoms with Gasteiger partial charge in [-0.3, -0.25) is 0 Å². The number of nitrogens with zero attached hydrogens (tertiary/aromatic N) is 2. The Hall–Kier alpha value is -0.350. The van der Waals surface area contributed by atoms with Crippen LogP contribution in [0.2, 0.25) is 0 Å². The normalized spacial score (nSPS) is 28.7. The Morgan fingerprint density at radius 3 is 2.73 bits per heavy atom. The summed E-state index contributed by atoms with van der Waals surface area (Å²) in [7, 11) is 2.19. The van der Waals surface area contributed by atoms with E-state index in [-0.39, 0.29) is 0 Å². The van der Waals surface area contributed by atoms with Crippen LogP contribution in [0.15, 0.2) is 0 Å². The average molecular weight is 227 g/mol. The van der Waals surface area contributed by atoms with Crippen molar-refractivity contribution in [3.63, 3.8) is 0 Å². The standard InChI is InChI=1S/C11H21N3S/c1-9-8-13(2)6-3-7-14(9)11(15)12-10-4-5-10/h9-10H,3-8H2,1-2H3,(H,12,15). The second-order valence-electron chi connectivity index (χ2n) is 4.88. The Labute approximate surface area is 97.8 Å². The van der Waals surface area contributed by atoms with Crippen molar-refractivity contribution in [2.24, 2.45) is 0 Å². The first-order valence-electron chi connectivity index (χ1n) is 5.92. The molecule has 0 aromatic heterocycles. The fourth-order valence-electron chi connectivity index (χ4n) is 2.16. The molecule has 1 aliphatic heterocycles. The van der Waals surface area contributed by atoms with Gasteiger partial charge in [0.25, 0.3) is 0 Å². The van der Waals surface area contributed by atoms with E-state index in [9.17, 15) is 0 Å². The molecule has 1 unspecified atom stereocenters. The Morgan fingerprint density at radius 2 is 2.07 bits per heavy atom. The minimum Gasteiger partial charge on any atom is -0.360 e. The van der Waals surface area contributed by atoms with Crippen LogP contribution in [0.3, 0.4) is 0 Å². The minimum atomic E-state index is 0.538. The molecule has 1 aliphatic carbocycles. The summed E-state index contributed by atoms with van der Waals surface area (Å²) in [6.45, 7) is 5.67. The summed E-state index contributed by atoms with van der Waals surface area (Å²) in [6.07, 6.45) is 3.80. The largest absolute Gasteiger partial charge is 0.360 e. The van der Waals surface area contributed by atoms with Crippen LogP contribution in [0.5, 0.6) is 0 Å². The van der Waals surface area contributed by atoms with E-state index in [1.807, 2.05) is 0 Å². The van der Waals surface area contributed by atoms with Crippen molar-refractivity contribution in [1.82, 2.24) is 15.1 Å². The number of rotatable bonds is 1. The van der Waals surface area contributed by atoms with Gasteiger partial charge in [-0.15, -0.1) is 0 Å². The summed E-state index contributed by atoms with van der Waals surface area (Å²) in [6, 6.07) is 1.21. The molecule has 1 N–H and O–H groups in total. The highest BCUT2D eigenvalue weighted by molar-refractivity contribution is 7.80. The van der Waals surface area contributed by atoms with E-state index in [0.29, 0.717) is 12.1 Å². The highest BCUT2D eigenvalue weighted by Crippen LogP contribution is 2.19. The van der Waals surface area contributed by atoms with Gasteiger partial charge < -0.3 is 15.1 Å². The van der Waals surface area contributed by atoms with E-state index in [1.165, 1.54) is 25.8 Å². The second kappa shape index (κ2) is 4.66. The maximum absolute atomic E-state index is 5.46. The Bertz CT molecular complexity index is 240. The fourth-order valence-corrected chi connectivity index (χ4v) is 2.60. The van der Waals surface area contributed by atoms with Crippen molar-refractivity contribution in [2.45, 2.75) is 38.3 Å². The summed E-state index contributed by atoms with van der Waals surface area (Å²) < 4.78 is 0. The molecule has 0 bridgehead atoms. The molecule has 0 radical (unpaired) electrons. The number of thiocarbonyl (C=S) groups is 1. The zero-order chi connectivity index (χ0) is 10.8. The SMILES string of the molecule is CC1CN(C)CCCN1C(=S)NC1CC1. The first kappa shape index (κ1) is 11.1. The first-order chi connectivity index (χ1) is 7.16. The molecule has 0 aromatic rings. The molecule has 1 saturated heterocycles. The van der Waals surface area contributed by atoms with Gasteiger partial charge in [0.1, 0.15) is 0 Å². The van der Waals surface area contributed by atoms with Gasteiger partial charge >= 0.3 is 0 Å². The van der Waals surface area contributed by atoms with Gasteiger partial charge in [0.15, 0.2) is 5.11 Å². The molecule has 2 fully saturated rings. The zero-order valence-electron chi connectivity index (χ0n) is 9.70. The lowest BCUT2D eigenvalue weighted by atomic mass is 10.3. The third-order valence-corrected chi connectivity index (χ3v) is 3.56. The Balaban J connectivity index is 1.90. The molecule has 0 aromatic carbocycles. The molecule has 0 spiro atoms. The van der Waals surface area contributed by atoms with Crippen molar-refractivity contribution in [1.29, 1.82) is 0 Å². The van der Waals surface area contributed by atoms with E-state index >= 15 is 0 Å². The number of likely N-dealkylation sites (N-methyl/N-ethyl adjacent to an activating group) is 1. The molecule has 1 heterocycles. The third kappa shape index (κ3) is 3.05. The molecule has 0 amide bonds. The van der Waals surface area contributed by atoms with Crippen molar-refractivity contribution in [3.05, 3.63) is 0 Å². The van der Waals surface area contributed by atoms with Crippen molar-refractivity contribution < 1.29 is 0 Å². The third-order valence-electron chi connectivity index (χ3n) is 3.21. The van der Waals surface area contributed by atoms with E-state index in [4.69, 9.17) is 12.2 Å². The zero-order valence-corrected chi connectivity index (χ0v) is 10.5. The van der Waals surface area contributed by atoms with Crippen molar-refractivity contribution in [3.8, 4) is 0 Å². The van der Waals surface area contributed by atoms with Gasteiger partial charge in [-0.05, 0) is 52.0 Å². The topological polar surface area (TPSA) is 18.5 Å². The Kier molecular flexibility index (Phi) is 3.46. The molecule has 4 heteroatoms. The lowest BCUT2D eigenvalue weighted by Gasteiger charge is -2.30. The number of nitrogens with one attached hydrogen (secondary N) is 1. The van der Waals surface area contributed by atoms with Crippen LogP contribution >= 0.6 is 12.2 Å². The van der Waals surface area contributed by atoms with Gasteiger partial charge in [0.2, 0.25) is 0 Å². The van der Waals surface area contributed by atoms with Crippen molar-refractivity contribution in [2.75, 3.05) is 26.7 Å². The Morgan fingerprint density at radius 1 is 1.33 bits per heavy atom. The summed E-state index contributed by atoms with van der Waals surface area (Å²) in [5.41, 5.74) is 0. The van der Waals surface area contributed by atoms with Crippen LogP contribution in [0, 0.1) is 0 Å². The van der Waals surface area contributed by atoms with Gasteiger partial charge in [-0.25, -0.2) is 0 Å². The second-order valence-corrected chi connectivity index (χ2v) is 5.27. The summed E-state index contributed by atoms with van der Waals surface area (Å²) in [5.74, 6) is 0. The van der Waals surface area contributed by atoms with E-state index in [2.05, 4.69) is 29.1 Å². The quantitative estimate of drug-likeness (QED) is 0.675. The predicted octanol–water partition coefficient (Wildman–Crippen LogP) is 1.05. The van der Waals surface area contributed by atoms with Gasteiger partial charge in [-0.1, -0.05) is 0 Å². The molecule has 86 valence electrons. The number of hydrogen-bond donors (Lipinski definition) is 1. The highest BCUT2D eigenvalue weighted by Gasteiger charge is 2.27. The first-order valence-corrected chi connectivity index (χ1v) is 6.33. The minimum absolute atomic E-state index is 0.538. The summed E-state index contributed by atoms with van der Waals surface area (Å²) >= 11 is 5.46. The smallest absolute Gasteiger partial charge is 0.169 e. The van der Waals surface area contributed by atoms with Gasteiger partial charge in [0.05, 0.1) is 0 Å². The van der Waals surface area contributed by atoms with E-state index < -0.39 is 0 Å². The van der Waals surface area contributed by atoms with Gasteiger partial charge in [0, 0.05) is 25.2 Å². The van der Waals surface area contributed by atoms with Crippen LogP contribution < -0.4 is 5.32 Å². The maximum atomic E-state index is 5.46. The van der Waals surface area contributed by atoms with E-state index in [0.717, 1.165) is 18.2 Å². The van der Waals surface area contributed by atoms with Crippen LogP contribution in [0.25, 0.3) is 0 Å². The average Bonchev–Trinajstić information content (AvgIpc) is 2.94. The molecule has 2 aliphatic rings. The fraction of sp³-hybridized carbons (Fsp3) is 0.909. The van der Waals surface area contributed by atoms with Crippen LogP contribution in [0.1, 0.15) is 26.2 Å². The summed E-state index contributed by atoms with van der Waals surface area (Å²) in [5, 5.41) is 4.41. The lowest BCUT2D eigenvalue weighted by molar-refractivity contribution is 0.283. The van der Waals surface area contributed by atoms with E-state index in [1.54, 1.807) is 0 Å². The molecule has 1 saturated carbocycles. The highest BCUT2D eigenvalue weighted by atomic mass is 32.1. The number of hydrogen-bond acceptors (Lipinski definition) is 2. The summed E-state index contributed by atoms with van der Waals surface area (Å²) in [4.78, 5) is 4.75. The maximum Gasteiger partial charge on any atom is 0.169 e. The predicted molar refractivity (Wildman–Crippen MR) is 67.0 cm³/mol. The van der Waals surface area contributed by atoms with Gasteiger partial charge in [-0.2, -0.15) is 0 Å². The lowest BCUT2D eigenvalue weighted by Crippen LogP contribution is -2.47. The van der Waals surface area contributed by atoms with Crippen LogP contribution in [-0.2, 0) is 0 Å². The molecule has 15 heavy (non-hydrogen) atoms.